The Balaban J connectivity index is 2.23. The number of aliphatic hydroxyl groups excluding tert-OH is 1. The summed E-state index contributed by atoms with van der Waals surface area (Å²) in [6, 6.07) is 7.62. The minimum Gasteiger partial charge on any atom is -0.388 e. The van der Waals surface area contributed by atoms with Crippen LogP contribution in [0.5, 0.6) is 0 Å². The molecule has 0 aliphatic heterocycles. The zero-order valence-corrected chi connectivity index (χ0v) is 9.60. The number of hydrogen-bond acceptors (Lipinski definition) is 4. The van der Waals surface area contributed by atoms with E-state index in [0.717, 1.165) is 10.4 Å². The number of pyridine rings is 1. The van der Waals surface area contributed by atoms with Gasteiger partial charge >= 0.3 is 0 Å². The van der Waals surface area contributed by atoms with Crippen molar-refractivity contribution in [3.63, 3.8) is 0 Å². The Morgan fingerprint density at radius 2 is 2.06 bits per heavy atom. The molecule has 2 rings (SSSR count). The van der Waals surface area contributed by atoms with Crippen LogP contribution in [-0.2, 0) is 0 Å². The molecule has 3 N–H and O–H groups in total. The van der Waals surface area contributed by atoms with Gasteiger partial charge in [-0.15, -0.1) is 11.3 Å². The quantitative estimate of drug-likeness (QED) is 0.849. The second kappa shape index (κ2) is 5.21. The van der Waals surface area contributed by atoms with E-state index in [9.17, 15) is 5.11 Å². The number of thiophene rings is 1. The third-order valence-electron chi connectivity index (χ3n) is 2.59. The van der Waals surface area contributed by atoms with E-state index >= 15 is 0 Å². The molecule has 0 aromatic carbocycles. The van der Waals surface area contributed by atoms with Crippen molar-refractivity contribution >= 4 is 11.3 Å². The zero-order valence-electron chi connectivity index (χ0n) is 8.78. The van der Waals surface area contributed by atoms with Crippen molar-refractivity contribution in [3.8, 4) is 0 Å². The third-order valence-corrected chi connectivity index (χ3v) is 3.60. The lowest BCUT2D eigenvalue weighted by Crippen LogP contribution is -2.19. The molecule has 84 valence electrons. The van der Waals surface area contributed by atoms with Crippen LogP contribution in [0.3, 0.4) is 0 Å². The summed E-state index contributed by atoms with van der Waals surface area (Å²) < 4.78 is 0. The first-order valence-electron chi connectivity index (χ1n) is 5.14. The average molecular weight is 234 g/mol. The van der Waals surface area contributed by atoms with Crippen LogP contribution in [0, 0.1) is 0 Å². The smallest absolute Gasteiger partial charge is 0.0879 e. The fourth-order valence-corrected chi connectivity index (χ4v) is 2.57. The molecule has 0 aliphatic carbocycles. The van der Waals surface area contributed by atoms with E-state index in [1.54, 1.807) is 23.7 Å². The molecule has 0 spiro atoms. The van der Waals surface area contributed by atoms with Crippen molar-refractivity contribution in [3.05, 3.63) is 52.5 Å². The normalized spacial score (nSPS) is 14.6. The number of nitrogens with zero attached hydrogens (tertiary/aromatic N) is 1. The molecule has 3 nitrogen and oxygen atoms in total. The Bertz CT molecular complexity index is 416. The van der Waals surface area contributed by atoms with Crippen molar-refractivity contribution in [2.45, 2.75) is 12.0 Å². The molecule has 0 aliphatic rings. The third kappa shape index (κ3) is 2.29. The lowest BCUT2D eigenvalue weighted by atomic mass is 9.95. The molecule has 0 saturated heterocycles. The van der Waals surface area contributed by atoms with Crippen LogP contribution in [0.15, 0.2) is 42.0 Å². The lowest BCUT2D eigenvalue weighted by molar-refractivity contribution is 0.148. The fourth-order valence-electron chi connectivity index (χ4n) is 1.70. The molecule has 2 atom stereocenters. The fraction of sp³-hybridized carbons (Fsp3) is 0.250. The van der Waals surface area contributed by atoms with Crippen molar-refractivity contribution in [1.82, 2.24) is 4.98 Å². The van der Waals surface area contributed by atoms with Crippen molar-refractivity contribution in [2.24, 2.45) is 5.73 Å². The highest BCUT2D eigenvalue weighted by molar-refractivity contribution is 7.10. The number of rotatable bonds is 4. The molecule has 0 fully saturated rings. The molecule has 0 amide bonds. The van der Waals surface area contributed by atoms with Gasteiger partial charge in [0, 0.05) is 29.7 Å². The zero-order chi connectivity index (χ0) is 11.4. The van der Waals surface area contributed by atoms with Crippen LogP contribution in [0.1, 0.15) is 22.5 Å². The van der Waals surface area contributed by atoms with E-state index in [0.29, 0.717) is 6.54 Å². The van der Waals surface area contributed by atoms with Crippen molar-refractivity contribution in [2.75, 3.05) is 6.54 Å². The highest BCUT2D eigenvalue weighted by Crippen LogP contribution is 2.32. The summed E-state index contributed by atoms with van der Waals surface area (Å²) in [6.45, 7) is 0.435. The molecule has 0 saturated carbocycles. The van der Waals surface area contributed by atoms with Crippen LogP contribution in [-0.4, -0.2) is 16.6 Å². The summed E-state index contributed by atoms with van der Waals surface area (Å²) in [5.41, 5.74) is 6.59. The highest BCUT2D eigenvalue weighted by atomic mass is 32.1. The first kappa shape index (κ1) is 11.3. The van der Waals surface area contributed by atoms with Crippen molar-refractivity contribution < 1.29 is 5.11 Å². The van der Waals surface area contributed by atoms with Gasteiger partial charge in [0.15, 0.2) is 0 Å². The molecular weight excluding hydrogens is 220 g/mol. The maximum atomic E-state index is 10.3. The average Bonchev–Trinajstić information content (AvgIpc) is 2.85. The molecule has 16 heavy (non-hydrogen) atoms. The van der Waals surface area contributed by atoms with Crippen LogP contribution in [0.4, 0.5) is 0 Å². The van der Waals surface area contributed by atoms with Gasteiger partial charge < -0.3 is 10.8 Å². The first-order chi connectivity index (χ1) is 7.83. The minimum atomic E-state index is -0.563. The summed E-state index contributed by atoms with van der Waals surface area (Å²) in [5.74, 6) is -0.0394. The number of hydrogen-bond donors (Lipinski definition) is 2. The van der Waals surface area contributed by atoms with Gasteiger partial charge in [-0.25, -0.2) is 0 Å². The molecule has 2 heterocycles. The Labute approximate surface area is 98.6 Å². The van der Waals surface area contributed by atoms with Crippen LogP contribution in [0.2, 0.25) is 0 Å². The maximum Gasteiger partial charge on any atom is 0.0879 e. The Kier molecular flexibility index (Phi) is 3.66. The second-order valence-electron chi connectivity index (χ2n) is 3.58. The van der Waals surface area contributed by atoms with Gasteiger partial charge in [-0.3, -0.25) is 4.98 Å². The van der Waals surface area contributed by atoms with Crippen LogP contribution >= 0.6 is 11.3 Å². The van der Waals surface area contributed by atoms with E-state index in [-0.39, 0.29) is 5.92 Å². The molecule has 0 bridgehead atoms. The Morgan fingerprint density at radius 1 is 1.31 bits per heavy atom. The SMILES string of the molecule is NCC(c1cccs1)C(O)c1ccncc1. The maximum absolute atomic E-state index is 10.3. The number of aromatic nitrogens is 1. The van der Waals surface area contributed by atoms with E-state index in [4.69, 9.17) is 5.73 Å². The lowest BCUT2D eigenvalue weighted by Gasteiger charge is -2.20. The van der Waals surface area contributed by atoms with Crippen LogP contribution in [0.25, 0.3) is 0 Å². The molecule has 4 heteroatoms. The minimum absolute atomic E-state index is 0.0394. The first-order valence-corrected chi connectivity index (χ1v) is 6.02. The Hall–Kier alpha value is -1.23. The summed E-state index contributed by atoms with van der Waals surface area (Å²) in [6.07, 6.45) is 2.80. The number of aliphatic hydroxyl groups is 1. The summed E-state index contributed by atoms with van der Waals surface area (Å²) >= 11 is 1.62. The predicted molar refractivity (Wildman–Crippen MR) is 65.3 cm³/mol. The van der Waals surface area contributed by atoms with Crippen LogP contribution < -0.4 is 5.73 Å². The second-order valence-corrected chi connectivity index (χ2v) is 4.56. The van der Waals surface area contributed by atoms with E-state index < -0.39 is 6.10 Å². The van der Waals surface area contributed by atoms with Gasteiger partial charge in [0.05, 0.1) is 6.10 Å². The molecule has 2 aromatic heterocycles. The molecule has 2 aromatic rings. The Morgan fingerprint density at radius 3 is 2.62 bits per heavy atom. The van der Waals surface area contributed by atoms with Gasteiger partial charge in [-0.05, 0) is 29.1 Å². The monoisotopic (exact) mass is 234 g/mol. The van der Waals surface area contributed by atoms with Gasteiger partial charge in [-0.2, -0.15) is 0 Å². The van der Waals surface area contributed by atoms with Crippen molar-refractivity contribution in [1.29, 1.82) is 0 Å². The molecular formula is C12H14N2OS. The van der Waals surface area contributed by atoms with Gasteiger partial charge in [0.1, 0.15) is 0 Å². The van der Waals surface area contributed by atoms with Gasteiger partial charge in [0.2, 0.25) is 0 Å². The summed E-state index contributed by atoms with van der Waals surface area (Å²) in [5, 5.41) is 12.2. The summed E-state index contributed by atoms with van der Waals surface area (Å²) in [7, 11) is 0. The van der Waals surface area contributed by atoms with Gasteiger partial charge in [0.25, 0.3) is 0 Å². The standard InChI is InChI=1S/C12H14N2OS/c13-8-10(11-2-1-7-16-11)12(15)9-3-5-14-6-4-9/h1-7,10,12,15H,8,13H2. The number of nitrogens with two attached hydrogens (primary N) is 1. The van der Waals surface area contributed by atoms with Gasteiger partial charge in [-0.1, -0.05) is 6.07 Å². The largest absolute Gasteiger partial charge is 0.388 e. The highest BCUT2D eigenvalue weighted by Gasteiger charge is 2.21. The topological polar surface area (TPSA) is 59.1 Å². The molecule has 0 radical (unpaired) electrons. The van der Waals surface area contributed by atoms with E-state index in [1.165, 1.54) is 0 Å². The summed E-state index contributed by atoms with van der Waals surface area (Å²) in [4.78, 5) is 5.05. The predicted octanol–water partition coefficient (Wildman–Crippen LogP) is 1.92. The van der Waals surface area contributed by atoms with E-state index in [1.807, 2.05) is 29.6 Å². The molecule has 2 unspecified atom stereocenters. The van der Waals surface area contributed by atoms with E-state index in [2.05, 4.69) is 4.98 Å².